The summed E-state index contributed by atoms with van der Waals surface area (Å²) in [4.78, 5) is 0. The van der Waals surface area contributed by atoms with Gasteiger partial charge < -0.3 is 0 Å². The average molecular weight is 214 g/mol. The van der Waals surface area contributed by atoms with Gasteiger partial charge in [0.2, 0.25) is 0 Å². The maximum Gasteiger partial charge on any atom is 0.115 e. The molecule has 0 nitrogen and oxygen atoms in total. The fraction of sp³-hybridized carbons (Fsp3) is 1.00. The lowest BCUT2D eigenvalue weighted by molar-refractivity contribution is -0.195. The van der Waals surface area contributed by atoms with Crippen LogP contribution in [0.5, 0.6) is 0 Å². The Hall–Kier alpha value is 0.130. The van der Waals surface area contributed by atoms with Gasteiger partial charge in [-0.3, -0.25) is 0 Å². The molecule has 0 aromatic rings. The summed E-state index contributed by atoms with van der Waals surface area (Å²) in [7, 11) is 3.93. The maximum absolute atomic E-state index is 2.55. The molecule has 0 aromatic heterocycles. The first-order valence-electron chi connectivity index (χ1n) is 7.62. The summed E-state index contributed by atoms with van der Waals surface area (Å²) in [6.07, 6.45) is 7.98. The molecule has 2 heteroatoms. The summed E-state index contributed by atoms with van der Waals surface area (Å²) in [6, 6.07) is 0. The summed E-state index contributed by atoms with van der Waals surface area (Å²) < 4.78 is 0. The molecule has 0 heterocycles. The third kappa shape index (κ3) is 0.801. The summed E-state index contributed by atoms with van der Waals surface area (Å²) in [5.41, 5.74) is 0.928. The Balaban J connectivity index is 1.70. The molecule has 4 rings (SSSR count). The third-order valence-corrected chi connectivity index (χ3v) is 7.60. The predicted molar refractivity (Wildman–Crippen MR) is 72.9 cm³/mol. The molecule has 0 amide bonds. The lowest BCUT2D eigenvalue weighted by Crippen LogP contribution is -2.65. The highest BCUT2D eigenvalue weighted by atomic mass is 14.8. The molecular weight excluding hydrogens is 190 g/mol. The van der Waals surface area contributed by atoms with Crippen molar-refractivity contribution in [3.63, 3.8) is 0 Å². The molecule has 4 fully saturated rings. The second kappa shape index (κ2) is 2.75. The first-order valence-corrected chi connectivity index (χ1v) is 7.62. The molecule has 86 valence electrons. The monoisotopic (exact) mass is 214 g/mol. The molecule has 16 heavy (non-hydrogen) atoms. The Kier molecular flexibility index (Phi) is 1.74. The fourth-order valence-corrected chi connectivity index (χ4v) is 6.88. The quantitative estimate of drug-likeness (QED) is 0.618. The van der Waals surface area contributed by atoms with E-state index in [4.69, 9.17) is 0 Å². The van der Waals surface area contributed by atoms with Gasteiger partial charge in [-0.1, -0.05) is 19.0 Å². The van der Waals surface area contributed by atoms with Gasteiger partial charge in [-0.2, -0.15) is 0 Å². The van der Waals surface area contributed by atoms with E-state index in [-0.39, 0.29) is 0 Å². The Bertz CT molecular complexity index is 312. The molecule has 4 aliphatic carbocycles. The van der Waals surface area contributed by atoms with E-state index in [2.05, 4.69) is 21.6 Å². The zero-order valence-corrected chi connectivity index (χ0v) is 11.1. The van der Waals surface area contributed by atoms with E-state index in [0.717, 1.165) is 23.2 Å². The number of rotatable bonds is 2. The van der Waals surface area contributed by atoms with Crippen LogP contribution in [0.2, 0.25) is 12.0 Å². The van der Waals surface area contributed by atoms with Gasteiger partial charge in [0.1, 0.15) is 7.28 Å². The van der Waals surface area contributed by atoms with Crippen molar-refractivity contribution in [3.05, 3.63) is 0 Å². The Labute approximate surface area is 102 Å². The van der Waals surface area contributed by atoms with Crippen LogP contribution < -0.4 is 0 Å². The van der Waals surface area contributed by atoms with Crippen molar-refractivity contribution < 1.29 is 0 Å². The second-order valence-electron chi connectivity index (χ2n) is 7.87. The van der Waals surface area contributed by atoms with Crippen LogP contribution in [0.4, 0.5) is 0 Å². The van der Waals surface area contributed by atoms with E-state index in [1.807, 2.05) is 0 Å². The van der Waals surface area contributed by atoms with Gasteiger partial charge >= 0.3 is 0 Å². The fourth-order valence-electron chi connectivity index (χ4n) is 6.88. The molecule has 0 bridgehead atoms. The lowest BCUT2D eigenvalue weighted by atomic mass is 9.26. The standard InChI is InChI=1S/C14H24B2/c1-13(15,16-2)12-10-5-3-8-7-9-4-6-11(12)14(8,9)10/h8-12,16H,3-7,15H2,1-2H3. The predicted octanol–water partition coefficient (Wildman–Crippen LogP) is 2.31. The SMILES string of the molecule is BC(C)(BC)C1C2CCC3CC4CCC1C342. The van der Waals surface area contributed by atoms with Crippen LogP contribution in [-0.4, -0.2) is 15.1 Å². The molecule has 0 aliphatic heterocycles. The summed E-state index contributed by atoms with van der Waals surface area (Å²) in [5.74, 6) is 5.75. The molecule has 0 N–H and O–H groups in total. The van der Waals surface area contributed by atoms with Crippen molar-refractivity contribution >= 4 is 15.1 Å². The largest absolute Gasteiger partial charge is 0.115 e. The smallest absolute Gasteiger partial charge is 0.0895 e. The van der Waals surface area contributed by atoms with E-state index in [1.165, 1.54) is 19.1 Å². The van der Waals surface area contributed by atoms with Crippen LogP contribution in [0.15, 0.2) is 0 Å². The minimum Gasteiger partial charge on any atom is -0.0895 e. The summed E-state index contributed by atoms with van der Waals surface area (Å²) >= 11 is 0. The third-order valence-electron chi connectivity index (χ3n) is 7.60. The zero-order valence-electron chi connectivity index (χ0n) is 11.1. The molecule has 0 radical (unpaired) electrons. The van der Waals surface area contributed by atoms with E-state index in [9.17, 15) is 0 Å². The van der Waals surface area contributed by atoms with E-state index in [1.54, 1.807) is 32.1 Å². The van der Waals surface area contributed by atoms with Crippen LogP contribution in [0.1, 0.15) is 39.0 Å². The van der Waals surface area contributed by atoms with Gasteiger partial charge in [0.05, 0.1) is 7.85 Å². The highest BCUT2D eigenvalue weighted by Gasteiger charge is 2.77. The van der Waals surface area contributed by atoms with Crippen molar-refractivity contribution in [2.45, 2.75) is 51.1 Å². The van der Waals surface area contributed by atoms with E-state index < -0.39 is 0 Å². The minimum absolute atomic E-state index is 0.625. The molecule has 1 spiro atoms. The molecule has 0 aromatic carbocycles. The second-order valence-corrected chi connectivity index (χ2v) is 7.87. The van der Waals surface area contributed by atoms with Crippen LogP contribution >= 0.6 is 0 Å². The van der Waals surface area contributed by atoms with E-state index >= 15 is 0 Å². The molecule has 5 unspecified atom stereocenters. The Morgan fingerprint density at radius 3 is 2.19 bits per heavy atom. The van der Waals surface area contributed by atoms with Crippen LogP contribution in [0.3, 0.4) is 0 Å². The van der Waals surface area contributed by atoms with Crippen molar-refractivity contribution in [2.24, 2.45) is 35.0 Å². The van der Waals surface area contributed by atoms with Gasteiger partial charge in [0.15, 0.2) is 0 Å². The maximum atomic E-state index is 2.55. The first-order chi connectivity index (χ1) is 7.62. The van der Waals surface area contributed by atoms with Gasteiger partial charge in [-0.15, -0.1) is 0 Å². The molecule has 4 saturated carbocycles. The van der Waals surface area contributed by atoms with Gasteiger partial charge in [0.25, 0.3) is 0 Å². The number of hydrogen-bond donors (Lipinski definition) is 0. The minimum atomic E-state index is 0.625. The average Bonchev–Trinajstić information content (AvgIpc) is 2.59. The van der Waals surface area contributed by atoms with Crippen molar-refractivity contribution in [2.75, 3.05) is 0 Å². The Morgan fingerprint density at radius 1 is 1.12 bits per heavy atom. The number of hydrogen-bond acceptors (Lipinski definition) is 0. The van der Waals surface area contributed by atoms with Crippen LogP contribution in [-0.2, 0) is 0 Å². The summed E-state index contributed by atoms with van der Waals surface area (Å²) in [6.45, 7) is 4.95. The Morgan fingerprint density at radius 2 is 1.69 bits per heavy atom. The van der Waals surface area contributed by atoms with Crippen LogP contribution in [0.25, 0.3) is 0 Å². The van der Waals surface area contributed by atoms with Crippen molar-refractivity contribution in [1.29, 1.82) is 0 Å². The van der Waals surface area contributed by atoms with Gasteiger partial charge in [-0.25, -0.2) is 0 Å². The molecule has 4 aliphatic rings. The normalized spacial score (nSPS) is 60.2. The lowest BCUT2D eigenvalue weighted by Gasteiger charge is -2.70. The zero-order chi connectivity index (χ0) is 11.1. The molecule has 0 saturated heterocycles. The first kappa shape index (κ1) is 10.1. The highest BCUT2D eigenvalue weighted by Crippen LogP contribution is 2.84. The van der Waals surface area contributed by atoms with Crippen molar-refractivity contribution in [1.82, 2.24) is 0 Å². The topological polar surface area (TPSA) is 0 Å². The van der Waals surface area contributed by atoms with Crippen molar-refractivity contribution in [3.8, 4) is 0 Å². The summed E-state index contributed by atoms with van der Waals surface area (Å²) in [5, 5.41) is 0.625. The van der Waals surface area contributed by atoms with E-state index in [0.29, 0.717) is 5.21 Å². The van der Waals surface area contributed by atoms with Crippen LogP contribution in [0, 0.1) is 35.0 Å². The molecule has 5 atom stereocenters. The van der Waals surface area contributed by atoms with Gasteiger partial charge in [-0.05, 0) is 67.1 Å². The van der Waals surface area contributed by atoms with Gasteiger partial charge in [0, 0.05) is 0 Å². The molecular formula is C14H24B2. The highest BCUT2D eigenvalue weighted by molar-refractivity contribution is 6.52.